The Bertz CT molecular complexity index is 330. The Kier molecular flexibility index (Phi) is 6.60. The van der Waals surface area contributed by atoms with Crippen LogP contribution in [0, 0.1) is 5.92 Å². The Morgan fingerprint density at radius 1 is 1.35 bits per heavy atom. The molecule has 2 nitrogen and oxygen atoms in total. The van der Waals surface area contributed by atoms with Crippen LogP contribution < -0.4 is 0 Å². The maximum Gasteiger partial charge on any atom is 0.0716 e. The van der Waals surface area contributed by atoms with E-state index in [-0.39, 0.29) is 6.61 Å². The monoisotopic (exact) mass is 234 g/mol. The van der Waals surface area contributed by atoms with E-state index in [4.69, 9.17) is 9.84 Å². The van der Waals surface area contributed by atoms with Gasteiger partial charge >= 0.3 is 0 Å². The van der Waals surface area contributed by atoms with Gasteiger partial charge in [0.2, 0.25) is 0 Å². The van der Waals surface area contributed by atoms with E-state index in [2.05, 4.69) is 26.0 Å². The fourth-order valence-corrected chi connectivity index (χ4v) is 1.60. The third-order valence-electron chi connectivity index (χ3n) is 3.00. The molecule has 0 radical (unpaired) electrons. The van der Waals surface area contributed by atoms with E-state index < -0.39 is 0 Å². The van der Waals surface area contributed by atoms with Gasteiger partial charge in [-0.1, -0.05) is 48.9 Å². The summed E-state index contributed by atoms with van der Waals surface area (Å²) in [5.74, 6) is 0.470. The fraction of sp³-hybridized carbons (Fsp3) is 0.467. The molecule has 0 bridgehead atoms. The first-order valence-corrected chi connectivity index (χ1v) is 6.13. The van der Waals surface area contributed by atoms with Gasteiger partial charge in [-0.25, -0.2) is 0 Å². The fourth-order valence-electron chi connectivity index (χ4n) is 1.60. The number of ether oxygens (including phenoxy) is 1. The SMILES string of the molecule is C/C(=C/CO)C(C)CCOCc1ccccc1. The van der Waals surface area contributed by atoms with Crippen LogP contribution in [-0.2, 0) is 11.3 Å². The van der Waals surface area contributed by atoms with Gasteiger partial charge in [0.05, 0.1) is 13.2 Å². The third-order valence-corrected chi connectivity index (χ3v) is 3.00. The lowest BCUT2D eigenvalue weighted by Gasteiger charge is -2.12. The van der Waals surface area contributed by atoms with E-state index in [1.165, 1.54) is 11.1 Å². The van der Waals surface area contributed by atoms with Gasteiger partial charge in [0.1, 0.15) is 0 Å². The molecule has 1 atom stereocenters. The van der Waals surface area contributed by atoms with Crippen LogP contribution in [-0.4, -0.2) is 18.3 Å². The number of aliphatic hydroxyl groups excluding tert-OH is 1. The van der Waals surface area contributed by atoms with Crippen molar-refractivity contribution in [2.24, 2.45) is 5.92 Å². The van der Waals surface area contributed by atoms with Crippen molar-refractivity contribution in [3.63, 3.8) is 0 Å². The Balaban J connectivity index is 2.18. The van der Waals surface area contributed by atoms with E-state index in [0.29, 0.717) is 12.5 Å². The first-order valence-electron chi connectivity index (χ1n) is 6.13. The normalized spacial score (nSPS) is 13.7. The van der Waals surface area contributed by atoms with E-state index in [1.54, 1.807) is 0 Å². The number of hydrogen-bond acceptors (Lipinski definition) is 2. The highest BCUT2D eigenvalue weighted by Crippen LogP contribution is 2.14. The average molecular weight is 234 g/mol. The zero-order valence-electron chi connectivity index (χ0n) is 10.7. The predicted molar refractivity (Wildman–Crippen MR) is 70.7 cm³/mol. The molecular weight excluding hydrogens is 212 g/mol. The smallest absolute Gasteiger partial charge is 0.0716 e. The second kappa shape index (κ2) is 8.04. The van der Waals surface area contributed by atoms with Crippen molar-refractivity contribution in [2.75, 3.05) is 13.2 Å². The van der Waals surface area contributed by atoms with Crippen LogP contribution in [0.4, 0.5) is 0 Å². The van der Waals surface area contributed by atoms with E-state index in [0.717, 1.165) is 13.0 Å². The topological polar surface area (TPSA) is 29.5 Å². The molecular formula is C15H22O2. The van der Waals surface area contributed by atoms with Crippen LogP contribution in [0.15, 0.2) is 42.0 Å². The molecule has 1 rings (SSSR count). The summed E-state index contributed by atoms with van der Waals surface area (Å²) >= 11 is 0. The standard InChI is InChI=1S/C15H22O2/c1-13(8-10-16)14(2)9-11-17-12-15-6-4-3-5-7-15/h3-8,14,16H,9-12H2,1-2H3/b13-8-. The van der Waals surface area contributed by atoms with Gasteiger partial charge in [-0.3, -0.25) is 0 Å². The van der Waals surface area contributed by atoms with Crippen molar-refractivity contribution in [3.05, 3.63) is 47.5 Å². The number of aliphatic hydroxyl groups is 1. The highest BCUT2D eigenvalue weighted by Gasteiger charge is 2.03. The van der Waals surface area contributed by atoms with Gasteiger partial charge in [0, 0.05) is 6.61 Å². The molecule has 0 aliphatic heterocycles. The summed E-state index contributed by atoms with van der Waals surface area (Å²) in [6, 6.07) is 10.2. The zero-order chi connectivity index (χ0) is 12.5. The summed E-state index contributed by atoms with van der Waals surface area (Å²) < 4.78 is 5.63. The molecule has 0 spiro atoms. The number of rotatable bonds is 7. The van der Waals surface area contributed by atoms with Gasteiger partial charge < -0.3 is 9.84 Å². The van der Waals surface area contributed by atoms with Crippen LogP contribution >= 0.6 is 0 Å². The molecule has 0 saturated carbocycles. The van der Waals surface area contributed by atoms with Gasteiger partial charge in [0.15, 0.2) is 0 Å². The van der Waals surface area contributed by atoms with Gasteiger partial charge in [-0.2, -0.15) is 0 Å². The molecule has 1 N–H and O–H groups in total. The largest absolute Gasteiger partial charge is 0.392 e. The maximum atomic E-state index is 8.80. The minimum Gasteiger partial charge on any atom is -0.392 e. The number of allylic oxidation sites excluding steroid dienone is 1. The molecule has 0 aliphatic rings. The molecule has 17 heavy (non-hydrogen) atoms. The van der Waals surface area contributed by atoms with Crippen LogP contribution in [0.2, 0.25) is 0 Å². The van der Waals surface area contributed by atoms with Crippen LogP contribution in [0.5, 0.6) is 0 Å². The molecule has 94 valence electrons. The molecule has 0 heterocycles. The van der Waals surface area contributed by atoms with Crippen molar-refractivity contribution in [1.29, 1.82) is 0 Å². The summed E-state index contributed by atoms with van der Waals surface area (Å²) in [4.78, 5) is 0. The first-order chi connectivity index (χ1) is 8.24. The lowest BCUT2D eigenvalue weighted by molar-refractivity contribution is 0.112. The minimum absolute atomic E-state index is 0.126. The Labute approximate surface area is 104 Å². The van der Waals surface area contributed by atoms with Gasteiger partial charge in [0.25, 0.3) is 0 Å². The predicted octanol–water partition coefficient (Wildman–Crippen LogP) is 3.17. The quantitative estimate of drug-likeness (QED) is 0.580. The second-order valence-electron chi connectivity index (χ2n) is 4.36. The van der Waals surface area contributed by atoms with Crippen molar-refractivity contribution >= 4 is 0 Å². The summed E-state index contributed by atoms with van der Waals surface area (Å²) in [5.41, 5.74) is 2.44. The van der Waals surface area contributed by atoms with Gasteiger partial charge in [-0.15, -0.1) is 0 Å². The van der Waals surface area contributed by atoms with Crippen molar-refractivity contribution in [1.82, 2.24) is 0 Å². The van der Waals surface area contributed by atoms with E-state index in [1.807, 2.05) is 24.3 Å². The Morgan fingerprint density at radius 3 is 2.71 bits per heavy atom. The van der Waals surface area contributed by atoms with Crippen LogP contribution in [0.25, 0.3) is 0 Å². The number of hydrogen-bond donors (Lipinski definition) is 1. The second-order valence-corrected chi connectivity index (χ2v) is 4.36. The highest BCUT2D eigenvalue weighted by atomic mass is 16.5. The molecule has 1 unspecified atom stereocenters. The lowest BCUT2D eigenvalue weighted by Crippen LogP contribution is -2.04. The Morgan fingerprint density at radius 2 is 2.06 bits per heavy atom. The van der Waals surface area contributed by atoms with E-state index in [9.17, 15) is 0 Å². The highest BCUT2D eigenvalue weighted by molar-refractivity contribution is 5.13. The molecule has 0 saturated heterocycles. The van der Waals surface area contributed by atoms with Crippen LogP contribution in [0.3, 0.4) is 0 Å². The number of benzene rings is 1. The third kappa shape index (κ3) is 5.66. The first kappa shape index (κ1) is 13.9. The van der Waals surface area contributed by atoms with E-state index >= 15 is 0 Å². The van der Waals surface area contributed by atoms with Crippen molar-refractivity contribution in [2.45, 2.75) is 26.9 Å². The van der Waals surface area contributed by atoms with Gasteiger partial charge in [-0.05, 0) is 24.8 Å². The minimum atomic E-state index is 0.126. The summed E-state index contributed by atoms with van der Waals surface area (Å²) in [6.07, 6.45) is 2.86. The lowest BCUT2D eigenvalue weighted by atomic mass is 9.99. The summed E-state index contributed by atoms with van der Waals surface area (Å²) in [5, 5.41) is 8.80. The van der Waals surface area contributed by atoms with Crippen LogP contribution in [0.1, 0.15) is 25.8 Å². The molecule has 0 aliphatic carbocycles. The molecule has 1 aromatic rings. The molecule has 0 fully saturated rings. The van der Waals surface area contributed by atoms with Crippen molar-refractivity contribution < 1.29 is 9.84 Å². The average Bonchev–Trinajstić information content (AvgIpc) is 2.36. The zero-order valence-corrected chi connectivity index (χ0v) is 10.7. The summed E-state index contributed by atoms with van der Waals surface area (Å²) in [7, 11) is 0. The summed E-state index contributed by atoms with van der Waals surface area (Å²) in [6.45, 7) is 5.77. The maximum absolute atomic E-state index is 8.80. The Hall–Kier alpha value is -1.12. The van der Waals surface area contributed by atoms with Crippen molar-refractivity contribution in [3.8, 4) is 0 Å². The molecule has 0 amide bonds. The molecule has 0 aromatic heterocycles. The molecule has 2 heteroatoms. The molecule has 1 aromatic carbocycles.